The number of nitrogens with zero attached hydrogens (tertiary/aromatic N) is 1. The van der Waals surface area contributed by atoms with Crippen LogP contribution >= 0.6 is 11.6 Å². The third kappa shape index (κ3) is 9.45. The lowest BCUT2D eigenvalue weighted by Crippen LogP contribution is -1.85. The molecule has 11 heavy (non-hydrogen) atoms. The molecule has 0 aliphatic carbocycles. The second-order valence-corrected chi connectivity index (χ2v) is 2.85. The Hall–Kier alpha value is -0.550. The van der Waals surface area contributed by atoms with Crippen molar-refractivity contribution in [3.8, 4) is 6.07 Å². The molecule has 0 aromatic heterocycles. The highest BCUT2D eigenvalue weighted by atomic mass is 35.5. The van der Waals surface area contributed by atoms with E-state index in [1.54, 1.807) is 0 Å². The van der Waals surface area contributed by atoms with Crippen molar-refractivity contribution in [3.63, 3.8) is 0 Å². The number of unbranched alkanes of at least 4 members (excludes halogenated alkanes) is 4. The molecule has 0 aromatic carbocycles. The smallest absolute Gasteiger partial charge is 0.221 e. The monoisotopic (exact) mass is 173 g/mol. The normalized spacial score (nSPS) is 9.09. The van der Waals surface area contributed by atoms with Crippen molar-refractivity contribution >= 4 is 16.8 Å². The van der Waals surface area contributed by atoms with Crippen molar-refractivity contribution in [3.05, 3.63) is 0 Å². The van der Waals surface area contributed by atoms with Gasteiger partial charge < -0.3 is 0 Å². The molecule has 0 atom stereocenters. The molecule has 0 unspecified atom stereocenters. The minimum Gasteiger partial charge on any atom is -0.281 e. The lowest BCUT2D eigenvalue weighted by atomic mass is 10.1. The second-order valence-electron chi connectivity index (χ2n) is 2.43. The van der Waals surface area contributed by atoms with Gasteiger partial charge in [-0.15, -0.1) is 0 Å². The summed E-state index contributed by atoms with van der Waals surface area (Å²) in [5.41, 5.74) is 0. The van der Waals surface area contributed by atoms with Gasteiger partial charge in [-0.05, 0) is 24.4 Å². The zero-order valence-electron chi connectivity index (χ0n) is 6.48. The number of nitriles is 1. The first-order valence-electron chi connectivity index (χ1n) is 3.82. The lowest BCUT2D eigenvalue weighted by molar-refractivity contribution is -0.111. The molecule has 0 amide bonds. The van der Waals surface area contributed by atoms with Crippen molar-refractivity contribution < 1.29 is 4.79 Å². The number of halogens is 1. The van der Waals surface area contributed by atoms with Crippen LogP contribution in [0, 0.1) is 11.3 Å². The maximum absolute atomic E-state index is 10.2. The van der Waals surface area contributed by atoms with Crippen LogP contribution in [0.4, 0.5) is 0 Å². The van der Waals surface area contributed by atoms with E-state index in [0.29, 0.717) is 12.8 Å². The predicted molar refractivity (Wildman–Crippen MR) is 44.2 cm³/mol. The van der Waals surface area contributed by atoms with Crippen molar-refractivity contribution in [2.75, 3.05) is 0 Å². The van der Waals surface area contributed by atoms with E-state index in [1.165, 1.54) is 0 Å². The minimum atomic E-state index is -0.259. The van der Waals surface area contributed by atoms with E-state index in [9.17, 15) is 4.79 Å². The van der Waals surface area contributed by atoms with Gasteiger partial charge in [-0.3, -0.25) is 4.79 Å². The predicted octanol–water partition coefficient (Wildman–Crippen LogP) is 2.62. The van der Waals surface area contributed by atoms with Crippen LogP contribution in [0.5, 0.6) is 0 Å². The summed E-state index contributed by atoms with van der Waals surface area (Å²) in [6, 6.07) is 2.07. The van der Waals surface area contributed by atoms with Crippen molar-refractivity contribution in [2.24, 2.45) is 0 Å². The number of carbonyl (C=O) groups excluding carboxylic acids is 1. The summed E-state index contributed by atoms with van der Waals surface area (Å²) in [5.74, 6) is 0. The molecule has 0 rings (SSSR count). The Morgan fingerprint density at radius 2 is 1.91 bits per heavy atom. The van der Waals surface area contributed by atoms with E-state index < -0.39 is 0 Å². The largest absolute Gasteiger partial charge is 0.281 e. The minimum absolute atomic E-state index is 0.259. The van der Waals surface area contributed by atoms with Gasteiger partial charge in [0.2, 0.25) is 5.24 Å². The standard InChI is InChI=1S/C8H12ClNO/c9-8(11)6-4-2-1-3-5-7-10/h1-6H2. The lowest BCUT2D eigenvalue weighted by Gasteiger charge is -1.94. The molecule has 0 aromatic rings. The highest BCUT2D eigenvalue weighted by molar-refractivity contribution is 6.63. The average Bonchev–Trinajstić information content (AvgIpc) is 1.96. The van der Waals surface area contributed by atoms with Crippen LogP contribution < -0.4 is 0 Å². The maximum atomic E-state index is 10.2. The molecular formula is C8H12ClNO. The average molecular weight is 174 g/mol. The summed E-state index contributed by atoms with van der Waals surface area (Å²) < 4.78 is 0. The maximum Gasteiger partial charge on any atom is 0.221 e. The molecule has 0 fully saturated rings. The second kappa shape index (κ2) is 7.56. The summed E-state index contributed by atoms with van der Waals surface area (Å²) in [5, 5.41) is 7.93. The van der Waals surface area contributed by atoms with Gasteiger partial charge in [-0.1, -0.05) is 12.8 Å². The quantitative estimate of drug-likeness (QED) is 0.458. The van der Waals surface area contributed by atoms with Gasteiger partial charge in [0.05, 0.1) is 6.07 Å². The van der Waals surface area contributed by atoms with Crippen molar-refractivity contribution in [1.82, 2.24) is 0 Å². The molecule has 0 saturated carbocycles. The number of hydrogen-bond donors (Lipinski definition) is 0. The first kappa shape index (κ1) is 10.4. The molecule has 0 spiro atoms. The zero-order chi connectivity index (χ0) is 8.53. The Labute approximate surface area is 72.2 Å². The van der Waals surface area contributed by atoms with E-state index in [4.69, 9.17) is 16.9 Å². The Morgan fingerprint density at radius 1 is 1.27 bits per heavy atom. The summed E-state index contributed by atoms with van der Waals surface area (Å²) in [4.78, 5) is 10.2. The third-order valence-corrected chi connectivity index (χ3v) is 1.60. The van der Waals surface area contributed by atoms with Gasteiger partial charge in [0.25, 0.3) is 0 Å². The fraction of sp³-hybridized carbons (Fsp3) is 0.750. The van der Waals surface area contributed by atoms with Crippen LogP contribution in [-0.2, 0) is 4.79 Å². The summed E-state index contributed by atoms with van der Waals surface area (Å²) in [7, 11) is 0. The van der Waals surface area contributed by atoms with E-state index in [2.05, 4.69) is 6.07 Å². The molecule has 62 valence electrons. The number of carbonyl (C=O) groups is 1. The van der Waals surface area contributed by atoms with Gasteiger partial charge in [-0.2, -0.15) is 5.26 Å². The van der Waals surface area contributed by atoms with Gasteiger partial charge in [0.15, 0.2) is 0 Å². The number of hydrogen-bond acceptors (Lipinski definition) is 2. The fourth-order valence-corrected chi connectivity index (χ4v) is 0.955. The fourth-order valence-electron chi connectivity index (χ4n) is 0.822. The van der Waals surface area contributed by atoms with Crippen molar-refractivity contribution in [2.45, 2.75) is 38.5 Å². The molecule has 0 aliphatic rings. The Morgan fingerprint density at radius 3 is 2.45 bits per heavy atom. The molecule has 0 bridgehead atoms. The molecule has 0 N–H and O–H groups in total. The summed E-state index contributed by atoms with van der Waals surface area (Å²) >= 11 is 5.13. The third-order valence-electron chi connectivity index (χ3n) is 1.41. The SMILES string of the molecule is N#CCCCCCCC(=O)Cl. The zero-order valence-corrected chi connectivity index (χ0v) is 7.23. The number of rotatable bonds is 6. The molecule has 0 radical (unpaired) electrons. The topological polar surface area (TPSA) is 40.9 Å². The van der Waals surface area contributed by atoms with Crippen LogP contribution in [0.2, 0.25) is 0 Å². The molecule has 0 heterocycles. The van der Waals surface area contributed by atoms with Crippen LogP contribution in [0.3, 0.4) is 0 Å². The Bertz CT molecular complexity index is 151. The molecule has 0 aliphatic heterocycles. The van der Waals surface area contributed by atoms with Gasteiger partial charge in [0.1, 0.15) is 0 Å². The van der Waals surface area contributed by atoms with Gasteiger partial charge >= 0.3 is 0 Å². The molecule has 0 saturated heterocycles. The van der Waals surface area contributed by atoms with E-state index in [0.717, 1.165) is 25.7 Å². The van der Waals surface area contributed by atoms with Gasteiger partial charge in [-0.25, -0.2) is 0 Å². The van der Waals surface area contributed by atoms with Crippen LogP contribution in [-0.4, -0.2) is 5.24 Å². The van der Waals surface area contributed by atoms with E-state index in [-0.39, 0.29) is 5.24 Å². The van der Waals surface area contributed by atoms with E-state index >= 15 is 0 Å². The van der Waals surface area contributed by atoms with Crippen LogP contribution in [0.25, 0.3) is 0 Å². The van der Waals surface area contributed by atoms with E-state index in [1.807, 2.05) is 0 Å². The highest BCUT2D eigenvalue weighted by Gasteiger charge is 1.94. The summed E-state index contributed by atoms with van der Waals surface area (Å²) in [6.45, 7) is 0. The van der Waals surface area contributed by atoms with Crippen LogP contribution in [0.1, 0.15) is 38.5 Å². The first-order chi connectivity index (χ1) is 5.27. The molecule has 3 heteroatoms. The van der Waals surface area contributed by atoms with Crippen molar-refractivity contribution in [1.29, 1.82) is 5.26 Å². The van der Waals surface area contributed by atoms with Crippen LogP contribution in [0.15, 0.2) is 0 Å². The molecular weight excluding hydrogens is 162 g/mol. The first-order valence-corrected chi connectivity index (χ1v) is 4.20. The highest BCUT2D eigenvalue weighted by Crippen LogP contribution is 2.05. The molecule has 2 nitrogen and oxygen atoms in total. The summed E-state index contributed by atoms with van der Waals surface area (Å²) in [6.07, 6.45) is 4.90. The Kier molecular flexibility index (Phi) is 7.18. The van der Waals surface area contributed by atoms with Gasteiger partial charge in [0, 0.05) is 12.8 Å². The Balaban J connectivity index is 2.92.